The molecule has 2 aliphatic heterocycles. The largest absolute Gasteiger partial charge is 0.381 e. The van der Waals surface area contributed by atoms with Gasteiger partial charge in [-0.1, -0.05) is 29.8 Å². The molecule has 3 rings (SSSR count). The number of piperidine rings is 1. The second kappa shape index (κ2) is 8.27. The summed E-state index contributed by atoms with van der Waals surface area (Å²) in [6, 6.07) is 8.94. The summed E-state index contributed by atoms with van der Waals surface area (Å²) >= 11 is 0. The zero-order valence-corrected chi connectivity index (χ0v) is 14.7. The second-order valence-electron chi connectivity index (χ2n) is 7.33. The summed E-state index contributed by atoms with van der Waals surface area (Å²) in [6.45, 7) is 7.67. The van der Waals surface area contributed by atoms with Gasteiger partial charge in [0.15, 0.2) is 0 Å². The Balaban J connectivity index is 1.59. The van der Waals surface area contributed by atoms with E-state index in [1.165, 1.54) is 43.6 Å². The maximum Gasteiger partial charge on any atom is 0.0627 e. The van der Waals surface area contributed by atoms with Crippen LogP contribution in [0.25, 0.3) is 0 Å². The predicted molar refractivity (Wildman–Crippen MR) is 93.8 cm³/mol. The molecule has 2 atom stereocenters. The van der Waals surface area contributed by atoms with Crippen LogP contribution < -0.4 is 0 Å². The van der Waals surface area contributed by atoms with Crippen molar-refractivity contribution in [3.8, 4) is 0 Å². The third-order valence-corrected chi connectivity index (χ3v) is 5.49. The minimum absolute atomic E-state index is 0.404. The monoisotopic (exact) mass is 317 g/mol. The number of hydrogen-bond donors (Lipinski definition) is 0. The van der Waals surface area contributed by atoms with Crippen LogP contribution >= 0.6 is 0 Å². The molecule has 0 bridgehead atoms. The lowest BCUT2D eigenvalue weighted by atomic mass is 9.87. The first-order valence-corrected chi connectivity index (χ1v) is 9.13. The zero-order valence-electron chi connectivity index (χ0n) is 14.7. The van der Waals surface area contributed by atoms with Crippen LogP contribution in [0.4, 0.5) is 0 Å². The first-order valence-electron chi connectivity index (χ1n) is 9.13. The Morgan fingerprint density at radius 3 is 2.78 bits per heavy atom. The van der Waals surface area contributed by atoms with E-state index in [0.717, 1.165) is 32.0 Å². The molecule has 1 aromatic carbocycles. The Morgan fingerprint density at radius 2 is 2.04 bits per heavy atom. The molecule has 1 aromatic rings. The summed E-state index contributed by atoms with van der Waals surface area (Å²) in [5.74, 6) is 1.43. The molecule has 0 radical (unpaired) electrons. The molecule has 128 valence electrons. The van der Waals surface area contributed by atoms with E-state index < -0.39 is 0 Å². The molecule has 23 heavy (non-hydrogen) atoms. The van der Waals surface area contributed by atoms with Gasteiger partial charge < -0.3 is 14.4 Å². The van der Waals surface area contributed by atoms with Crippen LogP contribution in [0.15, 0.2) is 24.3 Å². The topological polar surface area (TPSA) is 21.7 Å². The van der Waals surface area contributed by atoms with Gasteiger partial charge in [-0.05, 0) is 44.1 Å². The van der Waals surface area contributed by atoms with Gasteiger partial charge >= 0.3 is 0 Å². The van der Waals surface area contributed by atoms with Crippen molar-refractivity contribution in [3.05, 3.63) is 35.4 Å². The molecular weight excluding hydrogens is 286 g/mol. The fraction of sp³-hybridized carbons (Fsp3) is 0.700. The predicted octanol–water partition coefficient (Wildman–Crippen LogP) is 3.30. The molecule has 0 N–H and O–H groups in total. The van der Waals surface area contributed by atoms with Crippen molar-refractivity contribution in [2.24, 2.45) is 11.8 Å². The van der Waals surface area contributed by atoms with E-state index in [0.29, 0.717) is 12.0 Å². The summed E-state index contributed by atoms with van der Waals surface area (Å²) in [7, 11) is 1.88. The number of nitrogens with zero attached hydrogens (tertiary/aromatic N) is 1. The van der Waals surface area contributed by atoms with E-state index in [1.807, 2.05) is 7.11 Å². The van der Waals surface area contributed by atoms with Gasteiger partial charge in [-0.15, -0.1) is 0 Å². The lowest BCUT2D eigenvalue weighted by molar-refractivity contribution is -0.0175. The molecule has 0 unspecified atom stereocenters. The summed E-state index contributed by atoms with van der Waals surface area (Å²) in [4.78, 5) is 2.67. The van der Waals surface area contributed by atoms with Crippen molar-refractivity contribution in [2.45, 2.75) is 38.7 Å². The highest BCUT2D eigenvalue weighted by Gasteiger charge is 2.30. The van der Waals surface area contributed by atoms with Crippen LogP contribution in [0.5, 0.6) is 0 Å². The number of methoxy groups -OCH3 is 1. The van der Waals surface area contributed by atoms with Crippen LogP contribution in [0.1, 0.15) is 30.4 Å². The summed E-state index contributed by atoms with van der Waals surface area (Å²) < 4.78 is 11.3. The maximum atomic E-state index is 5.80. The number of hydrogen-bond acceptors (Lipinski definition) is 3. The quantitative estimate of drug-likeness (QED) is 0.832. The Kier molecular flexibility index (Phi) is 6.09. The number of rotatable bonds is 5. The van der Waals surface area contributed by atoms with Gasteiger partial charge in [0, 0.05) is 45.9 Å². The fourth-order valence-electron chi connectivity index (χ4n) is 4.19. The third-order valence-electron chi connectivity index (χ3n) is 5.49. The van der Waals surface area contributed by atoms with E-state index in [2.05, 4.69) is 36.1 Å². The second-order valence-corrected chi connectivity index (χ2v) is 7.33. The molecule has 2 fully saturated rings. The van der Waals surface area contributed by atoms with Crippen LogP contribution in [0, 0.1) is 18.8 Å². The first kappa shape index (κ1) is 16.9. The van der Waals surface area contributed by atoms with Gasteiger partial charge in [-0.3, -0.25) is 0 Å². The van der Waals surface area contributed by atoms with Crippen molar-refractivity contribution >= 4 is 0 Å². The lowest BCUT2D eigenvalue weighted by Crippen LogP contribution is -2.46. The Bertz CT molecular complexity index is 484. The number of aryl methyl sites for hydroxylation is 1. The van der Waals surface area contributed by atoms with E-state index in [4.69, 9.17) is 9.47 Å². The zero-order chi connectivity index (χ0) is 16.1. The Labute approximate surface area is 141 Å². The standard InChI is InChI=1S/C20H31NO2/c1-16-4-3-5-18(12-16)13-19-15-21(9-6-20(19)22-2)14-17-7-10-23-11-8-17/h3-5,12,17,19-20H,6-11,13-15H2,1-2H3/t19-,20+/m1/s1. The molecule has 0 aliphatic carbocycles. The van der Waals surface area contributed by atoms with E-state index in [9.17, 15) is 0 Å². The first-order chi connectivity index (χ1) is 11.2. The average molecular weight is 317 g/mol. The summed E-state index contributed by atoms with van der Waals surface area (Å²) in [5, 5.41) is 0. The van der Waals surface area contributed by atoms with Crippen LogP contribution in [-0.4, -0.2) is 51.0 Å². The molecule has 3 heteroatoms. The Morgan fingerprint density at radius 1 is 1.22 bits per heavy atom. The lowest BCUT2D eigenvalue weighted by Gasteiger charge is -2.40. The fourth-order valence-corrected chi connectivity index (χ4v) is 4.19. The molecule has 0 amide bonds. The number of likely N-dealkylation sites (tertiary alicyclic amines) is 1. The van der Waals surface area contributed by atoms with E-state index in [-0.39, 0.29) is 0 Å². The highest BCUT2D eigenvalue weighted by Crippen LogP contribution is 2.26. The van der Waals surface area contributed by atoms with E-state index in [1.54, 1.807) is 0 Å². The van der Waals surface area contributed by atoms with Crippen LogP contribution in [-0.2, 0) is 15.9 Å². The summed E-state index contributed by atoms with van der Waals surface area (Å²) in [6.07, 6.45) is 5.15. The minimum atomic E-state index is 0.404. The van der Waals surface area contributed by atoms with Crippen LogP contribution in [0.2, 0.25) is 0 Å². The molecule has 0 aromatic heterocycles. The van der Waals surface area contributed by atoms with Gasteiger partial charge in [0.05, 0.1) is 6.10 Å². The van der Waals surface area contributed by atoms with Gasteiger partial charge in [0.25, 0.3) is 0 Å². The van der Waals surface area contributed by atoms with Crippen molar-refractivity contribution in [1.82, 2.24) is 4.90 Å². The molecule has 2 saturated heterocycles. The van der Waals surface area contributed by atoms with Crippen molar-refractivity contribution in [2.75, 3.05) is 40.0 Å². The molecule has 0 spiro atoms. The number of ether oxygens (including phenoxy) is 2. The number of benzene rings is 1. The van der Waals surface area contributed by atoms with E-state index >= 15 is 0 Å². The smallest absolute Gasteiger partial charge is 0.0627 e. The molecule has 3 nitrogen and oxygen atoms in total. The van der Waals surface area contributed by atoms with Crippen molar-refractivity contribution in [3.63, 3.8) is 0 Å². The molecule has 0 saturated carbocycles. The van der Waals surface area contributed by atoms with Gasteiger partial charge in [-0.25, -0.2) is 0 Å². The van der Waals surface area contributed by atoms with Gasteiger partial charge in [-0.2, -0.15) is 0 Å². The normalized spacial score (nSPS) is 27.2. The highest BCUT2D eigenvalue weighted by atomic mass is 16.5. The molecule has 2 aliphatic rings. The van der Waals surface area contributed by atoms with Crippen LogP contribution in [0.3, 0.4) is 0 Å². The summed E-state index contributed by atoms with van der Waals surface area (Å²) in [5.41, 5.74) is 2.80. The minimum Gasteiger partial charge on any atom is -0.381 e. The van der Waals surface area contributed by atoms with Gasteiger partial charge in [0.1, 0.15) is 0 Å². The van der Waals surface area contributed by atoms with Crippen molar-refractivity contribution in [1.29, 1.82) is 0 Å². The van der Waals surface area contributed by atoms with Crippen molar-refractivity contribution < 1.29 is 9.47 Å². The molecular formula is C20H31NO2. The maximum absolute atomic E-state index is 5.80. The SMILES string of the molecule is CO[C@H]1CCN(CC2CCOCC2)C[C@H]1Cc1cccc(C)c1. The van der Waals surface area contributed by atoms with Gasteiger partial charge in [0.2, 0.25) is 0 Å². The highest BCUT2D eigenvalue weighted by molar-refractivity contribution is 5.23. The average Bonchev–Trinajstić information content (AvgIpc) is 2.56. The third kappa shape index (κ3) is 4.79. The molecule has 2 heterocycles. The Hall–Kier alpha value is -0.900.